The van der Waals surface area contributed by atoms with Crippen molar-refractivity contribution >= 4 is 23.4 Å². The van der Waals surface area contributed by atoms with Crippen molar-refractivity contribution in [1.29, 1.82) is 0 Å². The summed E-state index contributed by atoms with van der Waals surface area (Å²) < 4.78 is 18.2. The SMILES string of the molecule is CN1C(=O)C2(OC3c4ccccc4C=CN3c3cc4c(cc32)OCO4)c2ccccc21. The Hall–Kier alpha value is -3.77. The maximum atomic E-state index is 13.9. The fourth-order valence-corrected chi connectivity index (χ4v) is 5.16. The number of ether oxygens (including phenoxy) is 3. The van der Waals surface area contributed by atoms with Crippen LogP contribution >= 0.6 is 0 Å². The van der Waals surface area contributed by atoms with Gasteiger partial charge in [0.15, 0.2) is 17.7 Å². The van der Waals surface area contributed by atoms with E-state index >= 15 is 0 Å². The summed E-state index contributed by atoms with van der Waals surface area (Å²) in [6.07, 6.45) is 3.63. The molecule has 31 heavy (non-hydrogen) atoms. The molecule has 0 bridgehead atoms. The van der Waals surface area contributed by atoms with Crippen molar-refractivity contribution in [3.05, 3.63) is 89.1 Å². The lowest BCUT2D eigenvalue weighted by molar-refractivity contribution is -0.147. The van der Waals surface area contributed by atoms with Gasteiger partial charge in [0, 0.05) is 36.0 Å². The molecule has 152 valence electrons. The number of para-hydroxylation sites is 1. The molecule has 0 fully saturated rings. The molecule has 0 N–H and O–H groups in total. The molecule has 4 aliphatic heterocycles. The minimum Gasteiger partial charge on any atom is -0.454 e. The third kappa shape index (κ3) is 1.98. The van der Waals surface area contributed by atoms with Gasteiger partial charge in [-0.25, -0.2) is 0 Å². The molecule has 0 radical (unpaired) electrons. The first-order valence-electron chi connectivity index (χ1n) is 10.2. The Morgan fingerprint density at radius 2 is 1.71 bits per heavy atom. The summed E-state index contributed by atoms with van der Waals surface area (Å²) in [5.41, 5.74) is 4.17. The number of amides is 1. The Kier molecular flexibility index (Phi) is 3.11. The standard InChI is InChI=1S/C25H18N2O4/c1-26-19-9-5-4-8-17(19)25(24(26)28)18-12-21-22(30-14-29-21)13-20(18)27-11-10-15-6-2-3-7-16(15)23(27)31-25/h2-13,23H,14H2,1H3. The normalized spacial score (nSPS) is 24.2. The van der Waals surface area contributed by atoms with Crippen LogP contribution in [0.1, 0.15) is 28.5 Å². The molecule has 4 aliphatic rings. The number of hydrogen-bond donors (Lipinski definition) is 0. The molecule has 0 saturated carbocycles. The summed E-state index contributed by atoms with van der Waals surface area (Å²) in [6.45, 7) is 0.165. The molecule has 1 spiro atoms. The first-order valence-corrected chi connectivity index (χ1v) is 10.2. The lowest BCUT2D eigenvalue weighted by Crippen LogP contribution is -2.49. The van der Waals surface area contributed by atoms with Crippen LogP contribution in [0.4, 0.5) is 11.4 Å². The van der Waals surface area contributed by atoms with Crippen molar-refractivity contribution in [2.45, 2.75) is 11.8 Å². The summed E-state index contributed by atoms with van der Waals surface area (Å²) in [5, 5.41) is 0. The van der Waals surface area contributed by atoms with E-state index in [-0.39, 0.29) is 12.7 Å². The van der Waals surface area contributed by atoms with Gasteiger partial charge in [-0.15, -0.1) is 0 Å². The van der Waals surface area contributed by atoms with Gasteiger partial charge in [-0.05, 0) is 23.8 Å². The van der Waals surface area contributed by atoms with E-state index < -0.39 is 11.8 Å². The van der Waals surface area contributed by atoms with Crippen molar-refractivity contribution in [1.82, 2.24) is 0 Å². The van der Waals surface area contributed by atoms with Crippen LogP contribution in [0.25, 0.3) is 6.08 Å². The van der Waals surface area contributed by atoms with Crippen LogP contribution in [0.15, 0.2) is 66.9 Å². The van der Waals surface area contributed by atoms with Crippen LogP contribution in [0.2, 0.25) is 0 Å². The molecular weight excluding hydrogens is 392 g/mol. The summed E-state index contributed by atoms with van der Waals surface area (Å²) >= 11 is 0. The number of nitrogens with zero attached hydrogens (tertiary/aromatic N) is 2. The van der Waals surface area contributed by atoms with Gasteiger partial charge in [-0.3, -0.25) is 4.79 Å². The highest BCUT2D eigenvalue weighted by Gasteiger charge is 2.58. The molecule has 4 heterocycles. The average molecular weight is 410 g/mol. The number of benzene rings is 3. The highest BCUT2D eigenvalue weighted by atomic mass is 16.7. The molecule has 2 unspecified atom stereocenters. The largest absolute Gasteiger partial charge is 0.454 e. The molecule has 2 atom stereocenters. The second kappa shape index (κ2) is 5.68. The van der Waals surface area contributed by atoms with Crippen molar-refractivity contribution in [3.63, 3.8) is 0 Å². The lowest BCUT2D eigenvalue weighted by atomic mass is 9.83. The predicted octanol–water partition coefficient (Wildman–Crippen LogP) is 4.16. The Labute approximate surface area is 178 Å². The van der Waals surface area contributed by atoms with Crippen molar-refractivity contribution in [3.8, 4) is 11.5 Å². The second-order valence-electron chi connectivity index (χ2n) is 8.11. The number of carbonyl (C=O) groups is 1. The molecule has 0 saturated heterocycles. The van der Waals surface area contributed by atoms with Crippen LogP contribution in [0.5, 0.6) is 11.5 Å². The zero-order chi connectivity index (χ0) is 20.7. The van der Waals surface area contributed by atoms with Crippen LogP contribution in [-0.2, 0) is 15.1 Å². The van der Waals surface area contributed by atoms with E-state index in [1.54, 1.807) is 11.9 Å². The van der Waals surface area contributed by atoms with E-state index in [9.17, 15) is 4.79 Å². The van der Waals surface area contributed by atoms with Gasteiger partial charge in [0.2, 0.25) is 12.4 Å². The second-order valence-corrected chi connectivity index (χ2v) is 8.11. The fraction of sp³-hybridized carbons (Fsp3) is 0.160. The number of carbonyl (C=O) groups excluding carboxylic acids is 1. The van der Waals surface area contributed by atoms with Gasteiger partial charge < -0.3 is 24.0 Å². The van der Waals surface area contributed by atoms with Gasteiger partial charge in [0.05, 0.1) is 11.4 Å². The van der Waals surface area contributed by atoms with Crippen molar-refractivity contribution in [2.75, 3.05) is 23.6 Å². The topological polar surface area (TPSA) is 51.2 Å². The van der Waals surface area contributed by atoms with E-state index in [1.807, 2.05) is 54.7 Å². The molecule has 0 aromatic heterocycles. The summed E-state index contributed by atoms with van der Waals surface area (Å²) in [4.78, 5) is 17.6. The Morgan fingerprint density at radius 1 is 0.935 bits per heavy atom. The Balaban J connectivity index is 1.56. The van der Waals surface area contributed by atoms with Gasteiger partial charge in [0.25, 0.3) is 5.91 Å². The van der Waals surface area contributed by atoms with Gasteiger partial charge in [-0.2, -0.15) is 0 Å². The molecule has 3 aromatic carbocycles. The third-order valence-corrected chi connectivity index (χ3v) is 6.62. The predicted molar refractivity (Wildman–Crippen MR) is 115 cm³/mol. The molecule has 7 rings (SSSR count). The summed E-state index contributed by atoms with van der Waals surface area (Å²) in [7, 11) is 1.80. The van der Waals surface area contributed by atoms with Crippen LogP contribution in [-0.4, -0.2) is 19.7 Å². The van der Waals surface area contributed by atoms with Crippen molar-refractivity contribution < 1.29 is 19.0 Å². The monoisotopic (exact) mass is 410 g/mol. The van der Waals surface area contributed by atoms with E-state index in [4.69, 9.17) is 14.2 Å². The summed E-state index contributed by atoms with van der Waals surface area (Å²) in [5.74, 6) is 1.19. The molecule has 1 amide bonds. The Bertz CT molecular complexity index is 1320. The molecule has 0 aliphatic carbocycles. The maximum absolute atomic E-state index is 13.9. The van der Waals surface area contributed by atoms with E-state index in [0.717, 1.165) is 33.6 Å². The van der Waals surface area contributed by atoms with Gasteiger partial charge >= 0.3 is 0 Å². The van der Waals surface area contributed by atoms with E-state index in [0.29, 0.717) is 11.5 Å². The Morgan fingerprint density at radius 3 is 2.61 bits per heavy atom. The minimum atomic E-state index is -1.26. The smallest absolute Gasteiger partial charge is 0.268 e. The number of anilines is 2. The maximum Gasteiger partial charge on any atom is 0.268 e. The minimum absolute atomic E-state index is 0.111. The third-order valence-electron chi connectivity index (χ3n) is 6.62. The average Bonchev–Trinajstić information content (AvgIpc) is 3.36. The van der Waals surface area contributed by atoms with Gasteiger partial charge in [-0.1, -0.05) is 42.5 Å². The highest BCUT2D eigenvalue weighted by molar-refractivity contribution is 6.10. The number of fused-ring (bicyclic) bond motifs is 9. The summed E-state index contributed by atoms with van der Waals surface area (Å²) in [6, 6.07) is 19.8. The van der Waals surface area contributed by atoms with Crippen molar-refractivity contribution in [2.24, 2.45) is 0 Å². The highest BCUT2D eigenvalue weighted by Crippen LogP contribution is 2.58. The fourth-order valence-electron chi connectivity index (χ4n) is 5.16. The van der Waals surface area contributed by atoms with Crippen LogP contribution in [0.3, 0.4) is 0 Å². The van der Waals surface area contributed by atoms with Gasteiger partial charge in [0.1, 0.15) is 0 Å². The van der Waals surface area contributed by atoms with E-state index in [2.05, 4.69) is 23.1 Å². The molecule has 3 aromatic rings. The van der Waals surface area contributed by atoms with E-state index in [1.165, 1.54) is 0 Å². The number of likely N-dealkylation sites (N-methyl/N-ethyl adjacent to an activating group) is 1. The first-order chi connectivity index (χ1) is 15.2. The number of hydrogen-bond acceptors (Lipinski definition) is 5. The zero-order valence-electron chi connectivity index (χ0n) is 16.7. The lowest BCUT2D eigenvalue weighted by Gasteiger charge is -2.46. The van der Waals surface area contributed by atoms with Crippen LogP contribution in [0, 0.1) is 0 Å². The number of rotatable bonds is 0. The van der Waals surface area contributed by atoms with Crippen LogP contribution < -0.4 is 19.3 Å². The first kappa shape index (κ1) is 17.0. The quantitative estimate of drug-likeness (QED) is 0.557. The molecule has 6 nitrogen and oxygen atoms in total. The molecule has 6 heteroatoms. The molecular formula is C25H18N2O4. The zero-order valence-corrected chi connectivity index (χ0v) is 16.7.